The van der Waals surface area contributed by atoms with Crippen LogP contribution >= 0.6 is 15.9 Å². The number of ether oxygens (including phenoxy) is 4. The summed E-state index contributed by atoms with van der Waals surface area (Å²) in [5, 5.41) is 13.3. The van der Waals surface area contributed by atoms with Gasteiger partial charge in [-0.25, -0.2) is 15.0 Å². The Kier molecular flexibility index (Phi) is 15.5. The van der Waals surface area contributed by atoms with E-state index in [-0.39, 0.29) is 93.2 Å². The highest BCUT2D eigenvalue weighted by Gasteiger charge is 2.56. The average molecular weight is 880 g/mol. The second-order valence-electron chi connectivity index (χ2n) is 13.9. The zero-order valence-electron chi connectivity index (χ0n) is 32.6. The normalized spacial score (nSPS) is 16.8. The van der Waals surface area contributed by atoms with Crippen molar-refractivity contribution < 1.29 is 42.9 Å². The third kappa shape index (κ3) is 12.1. The topological polar surface area (TPSA) is 244 Å². The first-order chi connectivity index (χ1) is 28.6. The fraction of sp³-hybridized carbons (Fsp3) is 0.462. The van der Waals surface area contributed by atoms with E-state index in [1.807, 2.05) is 12.1 Å². The summed E-state index contributed by atoms with van der Waals surface area (Å²) in [6, 6.07) is 10.0. The van der Waals surface area contributed by atoms with E-state index in [9.17, 15) is 24.0 Å². The number of piperidine rings is 1. The number of Topliss-reactive ketones (excluding diaryl/α,β-unsaturated/α-hetero) is 1. The number of amides is 4. The number of nitrogens with two attached hydrogens (primary N) is 1. The lowest BCUT2D eigenvalue weighted by atomic mass is 10.0. The predicted molar refractivity (Wildman–Crippen MR) is 216 cm³/mol. The summed E-state index contributed by atoms with van der Waals surface area (Å²) < 4.78 is 23.2. The lowest BCUT2D eigenvalue weighted by molar-refractivity contribution is -0.138. The molecule has 59 heavy (non-hydrogen) atoms. The number of nitrogens with zero attached hydrogens (tertiary/aromatic N) is 6. The Balaban J connectivity index is 0.939. The Bertz CT molecular complexity index is 2120. The molecular formula is C39H47BrN10O9. The van der Waals surface area contributed by atoms with E-state index in [4.69, 9.17) is 24.7 Å². The van der Waals surface area contributed by atoms with Crippen LogP contribution in [-0.4, -0.2) is 137 Å². The van der Waals surface area contributed by atoms with Gasteiger partial charge in [-0.3, -0.25) is 28.7 Å². The van der Waals surface area contributed by atoms with Crippen LogP contribution in [0.1, 0.15) is 36.1 Å². The molecule has 0 radical (unpaired) electrons. The molecule has 1 saturated carbocycles. The first-order valence-corrected chi connectivity index (χ1v) is 20.0. The second-order valence-corrected chi connectivity index (χ2v) is 14.7. The molecule has 2 aliphatic rings. The number of ketones is 1. The maximum Gasteiger partial charge on any atom is 0.248 e. The second kappa shape index (κ2) is 21.1. The summed E-state index contributed by atoms with van der Waals surface area (Å²) >= 11 is 3.31. The Morgan fingerprint density at radius 3 is 2.29 bits per heavy atom. The number of fused-ring (bicyclic) bond motifs is 2. The highest BCUT2D eigenvalue weighted by atomic mass is 79.9. The van der Waals surface area contributed by atoms with Crippen molar-refractivity contribution in [1.29, 1.82) is 0 Å². The molecule has 4 amide bonds. The summed E-state index contributed by atoms with van der Waals surface area (Å²) in [6.45, 7) is 3.69. The predicted octanol–water partition coefficient (Wildman–Crippen LogP) is 1.24. The summed E-state index contributed by atoms with van der Waals surface area (Å²) in [5.41, 5.74) is 7.54. The SMILES string of the molecule is CC(=O)c1nn(CC(=O)N2[C@@H]3C[C@@H]3C[C@H]2C(=O)Nc2cccc(Br)n2)c2ccc(-c3cnc(CNC(=O)COCCOCCNC(=O)COCCOCCN)nc3)cc12. The minimum absolute atomic E-state index is 0.00520. The highest BCUT2D eigenvalue weighted by molar-refractivity contribution is 9.10. The van der Waals surface area contributed by atoms with Crippen LogP contribution in [0.15, 0.2) is 53.4 Å². The third-order valence-electron chi connectivity index (χ3n) is 9.55. The van der Waals surface area contributed by atoms with Gasteiger partial charge in [0.05, 0.1) is 51.7 Å². The van der Waals surface area contributed by atoms with Gasteiger partial charge in [-0.1, -0.05) is 12.1 Å². The standard InChI is InChI=1S/C39H47BrN10O9/c1-24(51)38-28-15-25(5-6-29(28)49(48-38)21-37(54)50-30-16-26(30)17-31(50)39(55)47-33-4-2-3-32(40)46-33)27-18-43-34(44-19-27)20-45-36(53)23-59-14-12-57-10-8-42-35(52)22-58-13-11-56-9-7-41/h2-6,15,18-19,26,30-31H,7-14,16-17,20-23,41H2,1H3,(H,42,52)(H,45,53)(H,46,47,55)/t26-,30-,31+/m1/s1. The lowest BCUT2D eigenvalue weighted by Gasteiger charge is -2.26. The monoisotopic (exact) mass is 878 g/mol. The van der Waals surface area contributed by atoms with Crippen LogP contribution in [0.25, 0.3) is 22.0 Å². The number of carbonyl (C=O) groups is 5. The minimum Gasteiger partial charge on any atom is -0.378 e. The van der Waals surface area contributed by atoms with Crippen molar-refractivity contribution in [2.45, 2.75) is 44.9 Å². The van der Waals surface area contributed by atoms with Gasteiger partial charge in [-0.15, -0.1) is 0 Å². The molecule has 314 valence electrons. The van der Waals surface area contributed by atoms with E-state index >= 15 is 0 Å². The number of halogens is 1. The van der Waals surface area contributed by atoms with E-state index in [2.05, 4.69) is 51.9 Å². The van der Waals surface area contributed by atoms with Gasteiger partial charge in [-0.05, 0) is 64.5 Å². The number of nitrogens with one attached hydrogen (secondary N) is 3. The molecule has 1 saturated heterocycles. The van der Waals surface area contributed by atoms with Gasteiger partial charge in [0.25, 0.3) is 0 Å². The van der Waals surface area contributed by atoms with Gasteiger partial charge < -0.3 is 45.5 Å². The van der Waals surface area contributed by atoms with Gasteiger partial charge in [0.2, 0.25) is 23.6 Å². The smallest absolute Gasteiger partial charge is 0.248 e. The summed E-state index contributed by atoms with van der Waals surface area (Å²) in [6.07, 6.45) is 4.66. The molecule has 1 aromatic carbocycles. The molecule has 4 aromatic rings. The average Bonchev–Trinajstić information content (AvgIpc) is 3.73. The summed E-state index contributed by atoms with van der Waals surface area (Å²) in [4.78, 5) is 78.5. The van der Waals surface area contributed by atoms with E-state index in [1.54, 1.807) is 41.6 Å². The number of anilines is 1. The maximum atomic E-state index is 13.8. The molecule has 3 atom stereocenters. The van der Waals surface area contributed by atoms with Crippen LogP contribution in [0, 0.1) is 5.92 Å². The van der Waals surface area contributed by atoms with Crippen LogP contribution < -0.4 is 21.7 Å². The first kappa shape index (κ1) is 43.3. The van der Waals surface area contributed by atoms with Gasteiger partial charge in [0.1, 0.15) is 47.7 Å². The number of rotatable bonds is 23. The van der Waals surface area contributed by atoms with Crippen LogP contribution in [0.3, 0.4) is 0 Å². The third-order valence-corrected chi connectivity index (χ3v) is 10.00. The molecule has 20 heteroatoms. The van der Waals surface area contributed by atoms with E-state index < -0.39 is 6.04 Å². The van der Waals surface area contributed by atoms with Crippen molar-refractivity contribution in [3.05, 3.63) is 64.9 Å². The lowest BCUT2D eigenvalue weighted by Crippen LogP contribution is -2.46. The summed E-state index contributed by atoms with van der Waals surface area (Å²) in [7, 11) is 0. The fourth-order valence-electron chi connectivity index (χ4n) is 6.68. The Hall–Kier alpha value is -5.25. The zero-order valence-corrected chi connectivity index (χ0v) is 34.1. The number of benzene rings is 1. The highest BCUT2D eigenvalue weighted by Crippen LogP contribution is 2.48. The minimum atomic E-state index is -0.632. The Morgan fingerprint density at radius 1 is 0.864 bits per heavy atom. The van der Waals surface area contributed by atoms with Gasteiger partial charge in [-0.2, -0.15) is 5.10 Å². The number of carbonyl (C=O) groups excluding carboxylic acids is 5. The molecule has 2 fully saturated rings. The van der Waals surface area contributed by atoms with Crippen LogP contribution in [0.5, 0.6) is 0 Å². The van der Waals surface area contributed by atoms with Gasteiger partial charge >= 0.3 is 0 Å². The molecule has 0 spiro atoms. The number of aromatic nitrogens is 5. The number of pyridine rings is 1. The molecule has 5 N–H and O–H groups in total. The first-order valence-electron chi connectivity index (χ1n) is 19.2. The van der Waals surface area contributed by atoms with E-state index in [1.165, 1.54) is 11.6 Å². The molecule has 1 aliphatic carbocycles. The van der Waals surface area contributed by atoms with E-state index in [0.29, 0.717) is 72.0 Å². The van der Waals surface area contributed by atoms with Crippen LogP contribution in [-0.2, 0) is 51.2 Å². The van der Waals surface area contributed by atoms with Gasteiger partial charge in [0.15, 0.2) is 5.78 Å². The van der Waals surface area contributed by atoms with E-state index in [0.717, 1.165) is 12.0 Å². The molecule has 1 aliphatic heterocycles. The molecule has 0 bridgehead atoms. The molecule has 0 unspecified atom stereocenters. The number of likely N-dealkylation sites (tertiary alicyclic amines) is 1. The Labute approximate surface area is 348 Å². The maximum absolute atomic E-state index is 13.8. The van der Waals surface area contributed by atoms with Crippen molar-refractivity contribution in [1.82, 2.24) is 40.3 Å². The molecular weight excluding hydrogens is 832 g/mol. The molecule has 19 nitrogen and oxygen atoms in total. The number of hydrogen-bond acceptors (Lipinski definition) is 14. The largest absolute Gasteiger partial charge is 0.378 e. The fourth-order valence-corrected chi connectivity index (χ4v) is 7.02. The quantitative estimate of drug-likeness (QED) is 0.0466. The Morgan fingerprint density at radius 2 is 1.58 bits per heavy atom. The van der Waals surface area contributed by atoms with Gasteiger partial charge in [0, 0.05) is 49.4 Å². The van der Waals surface area contributed by atoms with Crippen molar-refractivity contribution in [2.75, 3.05) is 71.3 Å². The van der Waals surface area contributed by atoms with Crippen LogP contribution in [0.2, 0.25) is 0 Å². The zero-order chi connectivity index (χ0) is 41.7. The molecule has 6 rings (SSSR count). The van der Waals surface area contributed by atoms with Crippen molar-refractivity contribution in [3.8, 4) is 11.1 Å². The molecule has 4 heterocycles. The van der Waals surface area contributed by atoms with Crippen molar-refractivity contribution in [3.63, 3.8) is 0 Å². The van der Waals surface area contributed by atoms with Crippen molar-refractivity contribution >= 4 is 62.1 Å². The number of hydrogen-bond donors (Lipinski definition) is 4. The summed E-state index contributed by atoms with van der Waals surface area (Å²) in [5.74, 6) is -0.367. The molecule has 3 aromatic heterocycles. The van der Waals surface area contributed by atoms with Crippen LogP contribution in [0.4, 0.5) is 5.82 Å². The van der Waals surface area contributed by atoms with Crippen molar-refractivity contribution in [2.24, 2.45) is 11.7 Å².